The van der Waals surface area contributed by atoms with Gasteiger partial charge in [0.15, 0.2) is 5.82 Å². The average molecular weight is 337 g/mol. The molecular formula is C16H17F2N3O3. The first kappa shape index (κ1) is 16.5. The van der Waals surface area contributed by atoms with E-state index >= 15 is 0 Å². The second-order valence-corrected chi connectivity index (χ2v) is 5.79. The van der Waals surface area contributed by atoms with Gasteiger partial charge < -0.3 is 15.2 Å². The molecule has 2 aromatic rings. The molecule has 1 amide bonds. The van der Waals surface area contributed by atoms with Crippen molar-refractivity contribution in [2.24, 2.45) is 0 Å². The molecule has 24 heavy (non-hydrogen) atoms. The van der Waals surface area contributed by atoms with Crippen molar-refractivity contribution in [2.45, 2.75) is 18.4 Å². The highest BCUT2D eigenvalue weighted by atomic mass is 19.1. The third kappa shape index (κ3) is 3.60. The van der Waals surface area contributed by atoms with E-state index in [1.807, 2.05) is 0 Å². The highest BCUT2D eigenvalue weighted by Gasteiger charge is 2.30. The molecule has 0 aliphatic carbocycles. The number of nitrogens with zero attached hydrogens (tertiary/aromatic N) is 2. The standard InChI is InChI=1S/C16H17F2N3O3/c17-12-1-2-14(13(18)7-12)21-9-11(8-20-21)15(22)19-10-16(23)3-5-24-6-4-16/h1-2,7-9,23H,3-6,10H2,(H,19,22). The number of ether oxygens (including phenoxy) is 1. The minimum absolute atomic E-state index is 0.0403. The summed E-state index contributed by atoms with van der Waals surface area (Å²) in [6.45, 7) is 1.01. The van der Waals surface area contributed by atoms with Crippen LogP contribution in [0, 0.1) is 11.6 Å². The fourth-order valence-electron chi connectivity index (χ4n) is 2.51. The van der Waals surface area contributed by atoms with Crippen LogP contribution in [-0.2, 0) is 4.74 Å². The molecule has 0 radical (unpaired) electrons. The number of halogens is 2. The lowest BCUT2D eigenvalue weighted by atomic mass is 9.94. The molecule has 8 heteroatoms. The number of amides is 1. The SMILES string of the molecule is O=C(NCC1(O)CCOCC1)c1cnn(-c2ccc(F)cc2F)c1. The number of hydrogen-bond acceptors (Lipinski definition) is 4. The van der Waals surface area contributed by atoms with Gasteiger partial charge in [-0.2, -0.15) is 5.10 Å². The maximum absolute atomic E-state index is 13.7. The van der Waals surface area contributed by atoms with Crippen LogP contribution in [0.2, 0.25) is 0 Å². The summed E-state index contributed by atoms with van der Waals surface area (Å²) in [4.78, 5) is 12.2. The number of carbonyl (C=O) groups excluding carboxylic acids is 1. The summed E-state index contributed by atoms with van der Waals surface area (Å²) < 4.78 is 33.0. The van der Waals surface area contributed by atoms with E-state index in [0.29, 0.717) is 26.1 Å². The summed E-state index contributed by atoms with van der Waals surface area (Å²) in [6, 6.07) is 3.10. The molecular weight excluding hydrogens is 320 g/mol. The molecule has 3 rings (SSSR count). The quantitative estimate of drug-likeness (QED) is 0.885. The first-order valence-electron chi connectivity index (χ1n) is 7.55. The van der Waals surface area contributed by atoms with Gasteiger partial charge in [0.2, 0.25) is 0 Å². The van der Waals surface area contributed by atoms with Crippen molar-refractivity contribution < 1.29 is 23.4 Å². The molecule has 0 spiro atoms. The largest absolute Gasteiger partial charge is 0.388 e. The van der Waals surface area contributed by atoms with E-state index in [1.165, 1.54) is 18.5 Å². The van der Waals surface area contributed by atoms with Gasteiger partial charge in [-0.05, 0) is 12.1 Å². The molecule has 1 fully saturated rings. The van der Waals surface area contributed by atoms with Crippen LogP contribution in [-0.4, -0.2) is 46.2 Å². The summed E-state index contributed by atoms with van der Waals surface area (Å²) in [7, 11) is 0. The summed E-state index contributed by atoms with van der Waals surface area (Å²) in [5, 5.41) is 16.9. The highest BCUT2D eigenvalue weighted by Crippen LogP contribution is 2.19. The van der Waals surface area contributed by atoms with Crippen molar-refractivity contribution >= 4 is 5.91 Å². The Labute approximate surface area is 137 Å². The zero-order valence-corrected chi connectivity index (χ0v) is 12.8. The zero-order chi connectivity index (χ0) is 17.2. The second kappa shape index (κ2) is 6.66. The van der Waals surface area contributed by atoms with Gasteiger partial charge in [-0.3, -0.25) is 4.79 Å². The lowest BCUT2D eigenvalue weighted by Crippen LogP contribution is -2.46. The van der Waals surface area contributed by atoms with Gasteiger partial charge in [0, 0.05) is 44.9 Å². The van der Waals surface area contributed by atoms with E-state index in [-0.39, 0.29) is 17.8 Å². The lowest BCUT2D eigenvalue weighted by Gasteiger charge is -2.31. The van der Waals surface area contributed by atoms with Gasteiger partial charge in [-0.1, -0.05) is 0 Å². The number of rotatable bonds is 4. The van der Waals surface area contributed by atoms with Gasteiger partial charge in [0.1, 0.15) is 11.5 Å². The zero-order valence-electron chi connectivity index (χ0n) is 12.8. The van der Waals surface area contributed by atoms with Crippen molar-refractivity contribution in [1.82, 2.24) is 15.1 Å². The number of benzene rings is 1. The second-order valence-electron chi connectivity index (χ2n) is 5.79. The van der Waals surface area contributed by atoms with E-state index in [4.69, 9.17) is 4.74 Å². The van der Waals surface area contributed by atoms with Gasteiger partial charge in [0.25, 0.3) is 5.91 Å². The fourth-order valence-corrected chi connectivity index (χ4v) is 2.51. The Hall–Kier alpha value is -2.32. The van der Waals surface area contributed by atoms with Crippen LogP contribution in [0.25, 0.3) is 5.69 Å². The molecule has 0 unspecified atom stereocenters. The summed E-state index contributed by atoms with van der Waals surface area (Å²) in [5.74, 6) is -1.89. The molecule has 6 nitrogen and oxygen atoms in total. The maximum atomic E-state index is 13.7. The van der Waals surface area contributed by atoms with Crippen LogP contribution in [0.3, 0.4) is 0 Å². The first-order valence-corrected chi connectivity index (χ1v) is 7.55. The Morgan fingerprint density at radius 1 is 1.38 bits per heavy atom. The fraction of sp³-hybridized carbons (Fsp3) is 0.375. The van der Waals surface area contributed by atoms with Gasteiger partial charge in [0.05, 0.1) is 17.4 Å². The number of aliphatic hydroxyl groups is 1. The minimum Gasteiger partial charge on any atom is -0.388 e. The summed E-state index contributed by atoms with van der Waals surface area (Å²) >= 11 is 0. The van der Waals surface area contributed by atoms with E-state index in [2.05, 4.69) is 10.4 Å². The predicted octanol–water partition coefficient (Wildman–Crippen LogP) is 1.42. The van der Waals surface area contributed by atoms with E-state index < -0.39 is 23.1 Å². The molecule has 1 aliphatic heterocycles. The molecule has 2 N–H and O–H groups in total. The van der Waals surface area contributed by atoms with E-state index in [0.717, 1.165) is 16.8 Å². The number of carbonyl (C=O) groups is 1. The van der Waals surface area contributed by atoms with Crippen LogP contribution >= 0.6 is 0 Å². The van der Waals surface area contributed by atoms with Crippen molar-refractivity contribution in [3.05, 3.63) is 47.8 Å². The Balaban J connectivity index is 1.67. The van der Waals surface area contributed by atoms with Crippen LogP contribution in [0.5, 0.6) is 0 Å². The maximum Gasteiger partial charge on any atom is 0.254 e. The molecule has 2 heterocycles. The summed E-state index contributed by atoms with van der Waals surface area (Å²) in [6.07, 6.45) is 3.53. The average Bonchev–Trinajstić information content (AvgIpc) is 3.03. The van der Waals surface area contributed by atoms with Gasteiger partial charge >= 0.3 is 0 Å². The Morgan fingerprint density at radius 3 is 2.83 bits per heavy atom. The summed E-state index contributed by atoms with van der Waals surface area (Å²) in [5.41, 5.74) is -0.722. The minimum atomic E-state index is -0.979. The molecule has 1 aromatic heterocycles. The van der Waals surface area contributed by atoms with Gasteiger partial charge in [-0.25, -0.2) is 13.5 Å². The van der Waals surface area contributed by atoms with Crippen LogP contribution in [0.4, 0.5) is 8.78 Å². The Morgan fingerprint density at radius 2 is 2.12 bits per heavy atom. The highest BCUT2D eigenvalue weighted by molar-refractivity contribution is 5.93. The van der Waals surface area contributed by atoms with Crippen LogP contribution < -0.4 is 5.32 Å². The van der Waals surface area contributed by atoms with Crippen molar-refractivity contribution in [2.75, 3.05) is 19.8 Å². The van der Waals surface area contributed by atoms with Crippen molar-refractivity contribution in [1.29, 1.82) is 0 Å². The van der Waals surface area contributed by atoms with E-state index in [9.17, 15) is 18.7 Å². The van der Waals surface area contributed by atoms with Gasteiger partial charge in [-0.15, -0.1) is 0 Å². The Bertz CT molecular complexity index is 742. The number of nitrogens with one attached hydrogen (secondary N) is 1. The monoisotopic (exact) mass is 337 g/mol. The first-order chi connectivity index (χ1) is 11.5. The normalized spacial score (nSPS) is 16.8. The van der Waals surface area contributed by atoms with Crippen molar-refractivity contribution in [3.63, 3.8) is 0 Å². The molecule has 0 bridgehead atoms. The molecule has 1 saturated heterocycles. The molecule has 1 aliphatic rings. The Kier molecular flexibility index (Phi) is 4.59. The number of aromatic nitrogens is 2. The lowest BCUT2D eigenvalue weighted by molar-refractivity contribution is -0.0605. The van der Waals surface area contributed by atoms with Crippen molar-refractivity contribution in [3.8, 4) is 5.69 Å². The molecule has 0 saturated carbocycles. The smallest absolute Gasteiger partial charge is 0.254 e. The number of hydrogen-bond donors (Lipinski definition) is 2. The third-order valence-corrected chi connectivity index (χ3v) is 4.00. The van der Waals surface area contributed by atoms with Crippen LogP contribution in [0.1, 0.15) is 23.2 Å². The molecule has 0 atom stereocenters. The van der Waals surface area contributed by atoms with Crippen LogP contribution in [0.15, 0.2) is 30.6 Å². The van der Waals surface area contributed by atoms with E-state index in [1.54, 1.807) is 0 Å². The molecule has 1 aromatic carbocycles. The molecule has 128 valence electrons. The topological polar surface area (TPSA) is 76.4 Å². The predicted molar refractivity (Wildman–Crippen MR) is 80.8 cm³/mol. The third-order valence-electron chi connectivity index (χ3n) is 4.00.